The summed E-state index contributed by atoms with van der Waals surface area (Å²) < 4.78 is 5.32. The molecular weight excluding hydrogens is 547 g/mol. The Kier molecular flexibility index (Phi) is 11.8. The van der Waals surface area contributed by atoms with Gasteiger partial charge in [-0.15, -0.1) is 4.91 Å². The molecule has 0 aliphatic rings. The molecule has 0 bridgehead atoms. The monoisotopic (exact) mass is 576 g/mol. The Labute approximate surface area is 243 Å². The normalized spacial score (nSPS) is 12.1. The lowest BCUT2D eigenvalue weighted by Gasteiger charge is -2.14. The van der Waals surface area contributed by atoms with E-state index in [-0.39, 0.29) is 37.0 Å². The van der Waals surface area contributed by atoms with Crippen molar-refractivity contribution in [1.29, 1.82) is 0 Å². The SMILES string of the molecule is COc1ccc(N=O)c(C(=N[C@H](C)CC(=O)NCCNC(=O)/C=C/c2ccc(B(O)O)cc2)c2ccc(Cl)cc2)c1. The molecule has 0 fully saturated rings. The Hall–Kier alpha value is -4.32. The maximum atomic E-state index is 12.6. The molecule has 41 heavy (non-hydrogen) atoms. The molecular formula is C29H30BClN4O6. The van der Waals surface area contributed by atoms with Crippen molar-refractivity contribution >= 4 is 53.5 Å². The first-order valence-corrected chi connectivity index (χ1v) is 13.1. The molecule has 0 unspecified atom stereocenters. The number of methoxy groups -OCH3 is 1. The maximum Gasteiger partial charge on any atom is 0.488 e. The van der Waals surface area contributed by atoms with Gasteiger partial charge >= 0.3 is 7.12 Å². The summed E-state index contributed by atoms with van der Waals surface area (Å²) in [6.07, 6.45) is 3.01. The number of carbonyl (C=O) groups excluding carboxylic acids is 2. The molecule has 0 radical (unpaired) electrons. The minimum Gasteiger partial charge on any atom is -0.497 e. The first-order valence-electron chi connectivity index (χ1n) is 12.7. The van der Waals surface area contributed by atoms with Crippen LogP contribution in [-0.2, 0) is 9.59 Å². The summed E-state index contributed by atoms with van der Waals surface area (Å²) in [6, 6.07) is 17.8. The average molecular weight is 577 g/mol. The lowest BCUT2D eigenvalue weighted by atomic mass is 9.80. The van der Waals surface area contributed by atoms with E-state index in [1.807, 2.05) is 0 Å². The van der Waals surface area contributed by atoms with Gasteiger partial charge in [0.15, 0.2) is 0 Å². The van der Waals surface area contributed by atoms with E-state index < -0.39 is 13.2 Å². The fraction of sp³-hybridized carbons (Fsp3) is 0.207. The van der Waals surface area contributed by atoms with Crippen molar-refractivity contribution < 1.29 is 24.4 Å². The van der Waals surface area contributed by atoms with Crippen LogP contribution in [0.4, 0.5) is 5.69 Å². The van der Waals surface area contributed by atoms with Crippen LogP contribution in [0.1, 0.15) is 30.0 Å². The van der Waals surface area contributed by atoms with E-state index in [2.05, 4.69) is 15.8 Å². The van der Waals surface area contributed by atoms with Gasteiger partial charge in [-0.1, -0.05) is 48.0 Å². The number of nitroso groups, excluding NO2 is 1. The van der Waals surface area contributed by atoms with Crippen molar-refractivity contribution in [3.63, 3.8) is 0 Å². The second-order valence-electron chi connectivity index (χ2n) is 9.03. The quantitative estimate of drug-likeness (QED) is 0.0808. The van der Waals surface area contributed by atoms with Crippen LogP contribution in [0, 0.1) is 4.91 Å². The number of rotatable bonds is 13. The van der Waals surface area contributed by atoms with Crippen molar-refractivity contribution in [2.24, 2.45) is 10.2 Å². The molecule has 3 aromatic rings. The molecule has 12 heteroatoms. The number of amides is 2. The van der Waals surface area contributed by atoms with Crippen LogP contribution < -0.4 is 20.8 Å². The van der Waals surface area contributed by atoms with E-state index in [1.165, 1.54) is 13.2 Å². The topological polar surface area (TPSA) is 150 Å². The van der Waals surface area contributed by atoms with E-state index in [1.54, 1.807) is 79.7 Å². The number of ether oxygens (including phenoxy) is 1. The minimum absolute atomic E-state index is 0.0668. The molecule has 0 saturated heterocycles. The zero-order valence-electron chi connectivity index (χ0n) is 22.6. The van der Waals surface area contributed by atoms with Crippen LogP contribution in [0.5, 0.6) is 5.75 Å². The molecule has 2 amide bonds. The number of aliphatic imine (C=N–C) groups is 1. The van der Waals surface area contributed by atoms with Crippen molar-refractivity contribution in [2.75, 3.05) is 20.2 Å². The molecule has 10 nitrogen and oxygen atoms in total. The summed E-state index contributed by atoms with van der Waals surface area (Å²) >= 11 is 6.06. The molecule has 0 aromatic heterocycles. The summed E-state index contributed by atoms with van der Waals surface area (Å²) in [5.41, 5.74) is 2.88. The molecule has 3 rings (SSSR count). The smallest absolute Gasteiger partial charge is 0.488 e. The fourth-order valence-electron chi connectivity index (χ4n) is 3.82. The lowest BCUT2D eigenvalue weighted by molar-refractivity contribution is -0.121. The summed E-state index contributed by atoms with van der Waals surface area (Å²) in [7, 11) is -0.0327. The zero-order valence-corrected chi connectivity index (χ0v) is 23.3. The van der Waals surface area contributed by atoms with Gasteiger partial charge in [-0.25, -0.2) is 0 Å². The van der Waals surface area contributed by atoms with Gasteiger partial charge in [-0.3, -0.25) is 14.6 Å². The number of halogens is 1. The minimum atomic E-state index is -1.55. The van der Waals surface area contributed by atoms with Gasteiger partial charge in [0.1, 0.15) is 11.4 Å². The maximum absolute atomic E-state index is 12.6. The third-order valence-electron chi connectivity index (χ3n) is 5.91. The predicted octanol–water partition coefficient (Wildman–Crippen LogP) is 2.99. The highest BCUT2D eigenvalue weighted by Gasteiger charge is 2.17. The average Bonchev–Trinajstić information content (AvgIpc) is 2.97. The molecule has 1 atom stereocenters. The first kappa shape index (κ1) is 31.2. The van der Waals surface area contributed by atoms with Crippen molar-refractivity contribution in [3.05, 3.63) is 99.4 Å². The highest BCUT2D eigenvalue weighted by atomic mass is 35.5. The van der Waals surface area contributed by atoms with Crippen molar-refractivity contribution in [2.45, 2.75) is 19.4 Å². The molecule has 0 aliphatic carbocycles. The molecule has 0 saturated carbocycles. The summed E-state index contributed by atoms with van der Waals surface area (Å²) in [5.74, 6) is -0.0724. The first-order chi connectivity index (χ1) is 19.7. The Morgan fingerprint density at radius 2 is 1.71 bits per heavy atom. The predicted molar refractivity (Wildman–Crippen MR) is 161 cm³/mol. The second kappa shape index (κ2) is 15.5. The highest BCUT2D eigenvalue weighted by Crippen LogP contribution is 2.28. The molecule has 0 aliphatic heterocycles. The number of benzene rings is 3. The largest absolute Gasteiger partial charge is 0.497 e. The van der Waals surface area contributed by atoms with E-state index >= 15 is 0 Å². The number of hydrogen-bond acceptors (Lipinski definition) is 8. The van der Waals surface area contributed by atoms with Gasteiger partial charge < -0.3 is 25.4 Å². The van der Waals surface area contributed by atoms with Crippen LogP contribution >= 0.6 is 11.6 Å². The Morgan fingerprint density at radius 1 is 1.02 bits per heavy atom. The molecule has 3 aromatic carbocycles. The fourth-order valence-corrected chi connectivity index (χ4v) is 3.95. The van der Waals surface area contributed by atoms with Crippen molar-refractivity contribution in [3.8, 4) is 5.75 Å². The lowest BCUT2D eigenvalue weighted by Crippen LogP contribution is -2.35. The number of carbonyl (C=O) groups is 2. The van der Waals surface area contributed by atoms with E-state index in [0.717, 1.165) is 5.56 Å². The van der Waals surface area contributed by atoms with Gasteiger partial charge in [0, 0.05) is 41.7 Å². The van der Waals surface area contributed by atoms with Crippen LogP contribution in [0.15, 0.2) is 83.0 Å². The van der Waals surface area contributed by atoms with E-state index in [9.17, 15) is 14.5 Å². The Balaban J connectivity index is 1.58. The number of hydrogen-bond donors (Lipinski definition) is 4. The van der Waals surface area contributed by atoms with E-state index in [0.29, 0.717) is 33.1 Å². The van der Waals surface area contributed by atoms with E-state index in [4.69, 9.17) is 31.4 Å². The Bertz CT molecular complexity index is 1410. The summed E-state index contributed by atoms with van der Waals surface area (Å²) in [4.78, 5) is 40.9. The van der Waals surface area contributed by atoms with Gasteiger partial charge in [0.25, 0.3) is 0 Å². The second-order valence-corrected chi connectivity index (χ2v) is 9.46. The van der Waals surface area contributed by atoms with Crippen LogP contribution in [-0.4, -0.2) is 60.9 Å². The Morgan fingerprint density at radius 3 is 2.34 bits per heavy atom. The van der Waals surface area contributed by atoms with Crippen LogP contribution in [0.25, 0.3) is 6.08 Å². The van der Waals surface area contributed by atoms with Crippen molar-refractivity contribution in [1.82, 2.24) is 10.6 Å². The van der Waals surface area contributed by atoms with Gasteiger partial charge in [-0.05, 0) is 59.5 Å². The van der Waals surface area contributed by atoms with Crippen LogP contribution in [0.3, 0.4) is 0 Å². The summed E-state index contributed by atoms with van der Waals surface area (Å²) in [6.45, 7) is 2.22. The molecule has 212 valence electrons. The van der Waals surface area contributed by atoms with Crippen LogP contribution in [0.2, 0.25) is 5.02 Å². The standard InChI is InChI=1S/C29H30BClN4O6/c1-19(17-28(37)33-16-15-32-27(36)14-5-20-3-8-22(9-4-20)30(38)39)34-29(21-6-10-23(31)11-7-21)25-18-24(41-2)12-13-26(25)35-40/h3-14,18-19,38-39H,15-17H2,1-2H3,(H,32,36)(H,33,37)/b14-5+,34-29?/t19-/m1/s1. The third-order valence-corrected chi connectivity index (χ3v) is 6.17. The molecule has 4 N–H and O–H groups in total. The van der Waals surface area contributed by atoms with Gasteiger partial charge in [-0.2, -0.15) is 0 Å². The zero-order chi connectivity index (χ0) is 29.8. The van der Waals surface area contributed by atoms with Gasteiger partial charge in [0.2, 0.25) is 11.8 Å². The van der Waals surface area contributed by atoms with Gasteiger partial charge in [0.05, 0.1) is 18.9 Å². The third kappa shape index (κ3) is 9.68. The summed E-state index contributed by atoms with van der Waals surface area (Å²) in [5, 5.41) is 27.4. The highest BCUT2D eigenvalue weighted by molar-refractivity contribution is 6.58. The number of nitrogens with one attached hydrogen (secondary N) is 2. The number of nitrogens with zero attached hydrogens (tertiary/aromatic N) is 2. The molecule has 0 heterocycles. The molecule has 0 spiro atoms.